The van der Waals surface area contributed by atoms with Crippen LogP contribution in [0.25, 0.3) is 0 Å². The fourth-order valence-electron chi connectivity index (χ4n) is 6.25. The molecule has 4 heterocycles. The highest BCUT2D eigenvalue weighted by molar-refractivity contribution is 7.88. The Morgan fingerprint density at radius 2 is 1.70 bits per heavy atom. The summed E-state index contributed by atoms with van der Waals surface area (Å²) in [6, 6.07) is 9.21. The van der Waals surface area contributed by atoms with Gasteiger partial charge in [-0.25, -0.2) is 17.6 Å². The van der Waals surface area contributed by atoms with Gasteiger partial charge in [-0.2, -0.15) is 22.6 Å². The number of urea groups is 1. The first kappa shape index (κ1) is 29.4. The molecule has 0 N–H and O–H groups in total. The average Bonchev–Trinajstić information content (AvgIpc) is 3.32. The fraction of sp³-hybridized carbons (Fsp3) is 0.448. The first-order chi connectivity index (χ1) is 20.3. The van der Waals surface area contributed by atoms with Crippen LogP contribution in [0.3, 0.4) is 0 Å². The van der Waals surface area contributed by atoms with Crippen molar-refractivity contribution in [2.45, 2.75) is 51.1 Å². The number of hydrogen-bond donors (Lipinski definition) is 0. The molecule has 1 aromatic heterocycles. The number of sulfonamides is 1. The van der Waals surface area contributed by atoms with Crippen molar-refractivity contribution < 1.29 is 30.8 Å². The molecule has 3 aliphatic rings. The Bertz CT molecular complexity index is 1630. The summed E-state index contributed by atoms with van der Waals surface area (Å²) in [7, 11) is -3.36. The van der Waals surface area contributed by atoms with Gasteiger partial charge in [-0.1, -0.05) is 30.3 Å². The lowest BCUT2D eigenvalue weighted by molar-refractivity contribution is -0.138. The third-order valence-electron chi connectivity index (χ3n) is 8.59. The van der Waals surface area contributed by atoms with Gasteiger partial charge in [-0.3, -0.25) is 9.58 Å². The number of amides is 2. The summed E-state index contributed by atoms with van der Waals surface area (Å²) in [5.41, 5.74) is 1.17. The average molecular weight is 621 g/mol. The Morgan fingerprint density at radius 1 is 1.00 bits per heavy atom. The van der Waals surface area contributed by atoms with E-state index in [9.17, 15) is 30.8 Å². The molecule has 2 fully saturated rings. The van der Waals surface area contributed by atoms with E-state index < -0.39 is 27.8 Å². The normalized spacial score (nSPS) is 19.1. The van der Waals surface area contributed by atoms with Crippen LogP contribution in [0.5, 0.6) is 0 Å². The molecule has 43 heavy (non-hydrogen) atoms. The maximum Gasteiger partial charge on any atom is 0.416 e. The van der Waals surface area contributed by atoms with E-state index in [-0.39, 0.29) is 55.5 Å². The molecule has 0 spiro atoms. The van der Waals surface area contributed by atoms with E-state index in [4.69, 9.17) is 0 Å². The number of nitrogens with zero attached hydrogens (tertiary/aromatic N) is 6. The van der Waals surface area contributed by atoms with Gasteiger partial charge < -0.3 is 9.80 Å². The Labute approximate surface area is 247 Å². The van der Waals surface area contributed by atoms with Crippen LogP contribution in [0, 0.1) is 12.7 Å². The molecule has 3 aliphatic heterocycles. The van der Waals surface area contributed by atoms with Crippen LogP contribution in [0.1, 0.15) is 41.1 Å². The van der Waals surface area contributed by atoms with Gasteiger partial charge in [0.05, 0.1) is 36.6 Å². The van der Waals surface area contributed by atoms with E-state index in [0.717, 1.165) is 17.9 Å². The number of rotatable bonds is 6. The molecule has 0 bridgehead atoms. The number of anilines is 2. The number of hydrogen-bond acceptors (Lipinski definition) is 5. The standard InChI is InChI=1S/C29H32F4N6O3S/c1-19-6-5-9-25(30)26(19)35-12-10-22(11-13-35)37-15-21-16-39(23-17-36(18-23)43(2,41)42)34-27(21)38(28(37)40)14-20-7-3-4-8-24(20)29(31,32)33/h3-9,16,22-23H,10-15,17-18H2,1-2H3. The molecule has 6 rings (SSSR count). The summed E-state index contributed by atoms with van der Waals surface area (Å²) in [5.74, 6) is -0.0278. The third kappa shape index (κ3) is 5.57. The van der Waals surface area contributed by atoms with Crippen LogP contribution in [-0.2, 0) is 29.3 Å². The van der Waals surface area contributed by atoms with Crippen molar-refractivity contribution in [3.05, 3.63) is 76.7 Å². The van der Waals surface area contributed by atoms with Crippen LogP contribution in [-0.4, -0.2) is 71.9 Å². The van der Waals surface area contributed by atoms with Crippen LogP contribution in [0.15, 0.2) is 48.7 Å². The molecule has 9 nitrogen and oxygen atoms in total. The Hall–Kier alpha value is -3.65. The van der Waals surface area contributed by atoms with Gasteiger partial charge in [-0.15, -0.1) is 0 Å². The van der Waals surface area contributed by atoms with E-state index >= 15 is 0 Å². The summed E-state index contributed by atoms with van der Waals surface area (Å²) in [5, 5.41) is 4.60. The summed E-state index contributed by atoms with van der Waals surface area (Å²) in [6.07, 6.45) is -0.591. The maximum atomic E-state index is 14.6. The maximum absolute atomic E-state index is 14.6. The lowest BCUT2D eigenvalue weighted by atomic mass is 10.00. The molecule has 2 saturated heterocycles. The number of aryl methyl sites for hydroxylation is 1. The van der Waals surface area contributed by atoms with Gasteiger partial charge in [-0.05, 0) is 43.0 Å². The largest absolute Gasteiger partial charge is 0.416 e. The van der Waals surface area contributed by atoms with Crippen molar-refractivity contribution in [1.29, 1.82) is 0 Å². The van der Waals surface area contributed by atoms with Gasteiger partial charge in [0, 0.05) is 44.0 Å². The lowest BCUT2D eigenvalue weighted by Crippen LogP contribution is -2.54. The second-order valence-corrected chi connectivity index (χ2v) is 13.4. The Kier molecular flexibility index (Phi) is 7.40. The molecule has 0 aliphatic carbocycles. The van der Waals surface area contributed by atoms with Gasteiger partial charge in [0.1, 0.15) is 5.82 Å². The SMILES string of the molecule is Cc1cccc(F)c1N1CCC(N2Cc3cn(C4CN(S(C)(=O)=O)C4)nc3N(Cc3ccccc3C(F)(F)F)C2=O)CC1. The molecule has 0 saturated carbocycles. The van der Waals surface area contributed by atoms with Crippen molar-refractivity contribution in [2.24, 2.45) is 0 Å². The fourth-order valence-corrected chi connectivity index (χ4v) is 7.14. The zero-order valence-corrected chi connectivity index (χ0v) is 24.6. The topological polar surface area (TPSA) is 82.0 Å². The Morgan fingerprint density at radius 3 is 2.35 bits per heavy atom. The number of aromatic nitrogens is 2. The monoisotopic (exact) mass is 620 g/mol. The smallest absolute Gasteiger partial charge is 0.369 e. The molecule has 230 valence electrons. The van der Waals surface area contributed by atoms with E-state index in [0.29, 0.717) is 37.2 Å². The highest BCUT2D eigenvalue weighted by atomic mass is 32.2. The van der Waals surface area contributed by atoms with E-state index in [1.165, 1.54) is 33.5 Å². The van der Waals surface area contributed by atoms with Gasteiger partial charge in [0.2, 0.25) is 10.0 Å². The van der Waals surface area contributed by atoms with Crippen molar-refractivity contribution in [2.75, 3.05) is 42.2 Å². The van der Waals surface area contributed by atoms with Gasteiger partial charge in [0.25, 0.3) is 0 Å². The summed E-state index contributed by atoms with van der Waals surface area (Å²) < 4.78 is 83.0. The molecule has 2 aromatic carbocycles. The van der Waals surface area contributed by atoms with E-state index in [1.54, 1.807) is 21.8 Å². The van der Waals surface area contributed by atoms with E-state index in [2.05, 4.69) is 5.10 Å². The molecular formula is C29H32F4N6O3S. The number of para-hydroxylation sites is 1. The van der Waals surface area contributed by atoms with Crippen LogP contribution >= 0.6 is 0 Å². The molecule has 2 amide bonds. The number of fused-ring (bicyclic) bond motifs is 1. The van der Waals surface area contributed by atoms with Crippen LogP contribution < -0.4 is 9.80 Å². The highest BCUT2D eigenvalue weighted by Crippen LogP contribution is 2.38. The number of alkyl halides is 3. The summed E-state index contributed by atoms with van der Waals surface area (Å²) in [6.45, 7) is 3.22. The predicted molar refractivity (Wildman–Crippen MR) is 153 cm³/mol. The summed E-state index contributed by atoms with van der Waals surface area (Å²) >= 11 is 0. The predicted octanol–water partition coefficient (Wildman–Crippen LogP) is 4.78. The van der Waals surface area contributed by atoms with Crippen LogP contribution in [0.4, 0.5) is 33.9 Å². The zero-order chi connectivity index (χ0) is 30.7. The van der Waals surface area contributed by atoms with Crippen molar-refractivity contribution in [3.8, 4) is 0 Å². The van der Waals surface area contributed by atoms with Crippen molar-refractivity contribution >= 4 is 27.6 Å². The van der Waals surface area contributed by atoms with Crippen molar-refractivity contribution in [3.63, 3.8) is 0 Å². The zero-order valence-electron chi connectivity index (χ0n) is 23.8. The summed E-state index contributed by atoms with van der Waals surface area (Å²) in [4.78, 5) is 19.0. The minimum Gasteiger partial charge on any atom is -0.369 e. The van der Waals surface area contributed by atoms with Crippen LogP contribution in [0.2, 0.25) is 0 Å². The number of carbonyl (C=O) groups excluding carboxylic acids is 1. The quantitative estimate of drug-likeness (QED) is 0.371. The first-order valence-electron chi connectivity index (χ1n) is 14.1. The van der Waals surface area contributed by atoms with Gasteiger partial charge >= 0.3 is 12.2 Å². The van der Waals surface area contributed by atoms with Crippen molar-refractivity contribution in [1.82, 2.24) is 19.0 Å². The molecule has 3 aromatic rings. The minimum absolute atomic E-state index is 0.0533. The van der Waals surface area contributed by atoms with Gasteiger partial charge in [0.15, 0.2) is 5.82 Å². The Balaban J connectivity index is 1.28. The first-order valence-corrected chi connectivity index (χ1v) is 15.9. The third-order valence-corrected chi connectivity index (χ3v) is 9.83. The minimum atomic E-state index is -4.60. The number of carbonyl (C=O) groups is 1. The number of piperidine rings is 1. The second-order valence-electron chi connectivity index (χ2n) is 11.5. The number of benzene rings is 2. The second kappa shape index (κ2) is 10.8. The highest BCUT2D eigenvalue weighted by Gasteiger charge is 2.42. The molecule has 0 atom stereocenters. The number of halogens is 4. The molecule has 0 radical (unpaired) electrons. The van der Waals surface area contributed by atoms with E-state index in [1.807, 2.05) is 17.9 Å². The molecule has 14 heteroatoms. The lowest BCUT2D eigenvalue weighted by Gasteiger charge is -2.43. The molecular weight excluding hydrogens is 588 g/mol. The molecule has 0 unspecified atom stereocenters.